The molecule has 0 fully saturated rings. The van der Waals surface area contributed by atoms with E-state index in [1.165, 1.54) is 12.1 Å². The molecule has 3 rings (SSSR count). The maximum Gasteiger partial charge on any atom is 0.195 e. The lowest BCUT2D eigenvalue weighted by Crippen LogP contribution is -2.11. The fourth-order valence-corrected chi connectivity index (χ4v) is 2.93. The van der Waals surface area contributed by atoms with Crippen LogP contribution in [0.4, 0.5) is 5.69 Å². The van der Waals surface area contributed by atoms with Crippen LogP contribution < -0.4 is 5.32 Å². The van der Waals surface area contributed by atoms with Gasteiger partial charge in [-0.25, -0.2) is 0 Å². The molecule has 0 saturated carbocycles. The third-order valence-electron chi connectivity index (χ3n) is 2.87. The Kier molecular flexibility index (Phi) is 2.93. The molecule has 1 heterocycles. The molecule has 96 valence electrons. The molecule has 5 heteroatoms. The van der Waals surface area contributed by atoms with E-state index < -0.39 is 5.56 Å². The summed E-state index contributed by atoms with van der Waals surface area (Å²) in [7, 11) is 0. The first kappa shape index (κ1) is 12.1. The van der Waals surface area contributed by atoms with Gasteiger partial charge in [0, 0.05) is 10.5 Å². The Morgan fingerprint density at radius 3 is 2.68 bits per heavy atom. The van der Waals surface area contributed by atoms with Gasteiger partial charge < -0.3 is 15.5 Å². The normalized spacial score (nSPS) is 16.8. The van der Waals surface area contributed by atoms with E-state index in [0.29, 0.717) is 21.7 Å². The second-order valence-electron chi connectivity index (χ2n) is 4.18. The van der Waals surface area contributed by atoms with Gasteiger partial charge in [0.2, 0.25) is 0 Å². The van der Waals surface area contributed by atoms with E-state index in [9.17, 15) is 15.0 Å². The second-order valence-corrected chi connectivity index (χ2v) is 5.30. The van der Waals surface area contributed by atoms with Crippen LogP contribution in [0.15, 0.2) is 47.4 Å². The molecular weight excluding hydrogens is 262 g/mol. The molecule has 0 spiro atoms. The zero-order valence-electron chi connectivity index (χ0n) is 9.83. The van der Waals surface area contributed by atoms with Crippen molar-refractivity contribution in [2.45, 2.75) is 10.5 Å². The summed E-state index contributed by atoms with van der Waals surface area (Å²) in [6.45, 7) is 0. The minimum absolute atomic E-state index is 0.0152. The van der Waals surface area contributed by atoms with Crippen LogP contribution in [0.25, 0.3) is 0 Å². The number of aromatic hydroxyl groups is 1. The molecule has 0 amide bonds. The van der Waals surface area contributed by atoms with Gasteiger partial charge in [0.15, 0.2) is 11.3 Å². The SMILES string of the molecule is O=C(c1ccccc1)c1cc(O)cc2c1NC(O)S2. The second kappa shape index (κ2) is 4.60. The van der Waals surface area contributed by atoms with Crippen molar-refractivity contribution >= 4 is 23.2 Å². The highest BCUT2D eigenvalue weighted by atomic mass is 32.2. The van der Waals surface area contributed by atoms with Gasteiger partial charge in [-0.2, -0.15) is 0 Å². The first-order valence-corrected chi connectivity index (χ1v) is 6.61. The third kappa shape index (κ3) is 2.18. The van der Waals surface area contributed by atoms with E-state index in [2.05, 4.69) is 5.32 Å². The summed E-state index contributed by atoms with van der Waals surface area (Å²) in [5.41, 5.74) is 0.692. The van der Waals surface area contributed by atoms with Gasteiger partial charge in [-0.1, -0.05) is 42.1 Å². The van der Waals surface area contributed by atoms with E-state index in [4.69, 9.17) is 0 Å². The first-order chi connectivity index (χ1) is 9.15. The molecule has 1 aliphatic rings. The molecule has 0 aliphatic carbocycles. The zero-order valence-corrected chi connectivity index (χ0v) is 10.6. The lowest BCUT2D eigenvalue weighted by molar-refractivity contribution is 0.103. The number of ketones is 1. The van der Waals surface area contributed by atoms with Gasteiger partial charge >= 0.3 is 0 Å². The standard InChI is InChI=1S/C14H11NO3S/c16-9-6-10(12-11(7-9)19-14(18)15-12)13(17)8-4-2-1-3-5-8/h1-7,14-16,18H. The van der Waals surface area contributed by atoms with Crippen molar-refractivity contribution in [2.75, 3.05) is 5.32 Å². The molecule has 4 nitrogen and oxygen atoms in total. The smallest absolute Gasteiger partial charge is 0.195 e. The summed E-state index contributed by atoms with van der Waals surface area (Å²) in [5, 5.41) is 22.1. The van der Waals surface area contributed by atoms with Crippen LogP contribution in [0.1, 0.15) is 15.9 Å². The van der Waals surface area contributed by atoms with Crippen LogP contribution >= 0.6 is 11.8 Å². The number of thioether (sulfide) groups is 1. The maximum atomic E-state index is 12.4. The fourth-order valence-electron chi connectivity index (χ4n) is 2.04. The molecular formula is C14H11NO3S. The van der Waals surface area contributed by atoms with Crippen LogP contribution in [0, 0.1) is 0 Å². The average Bonchev–Trinajstić information content (AvgIpc) is 2.78. The van der Waals surface area contributed by atoms with Crippen molar-refractivity contribution in [2.24, 2.45) is 0 Å². The topological polar surface area (TPSA) is 69.6 Å². The number of nitrogens with one attached hydrogen (secondary N) is 1. The Bertz CT molecular complexity index is 643. The number of hydrogen-bond donors (Lipinski definition) is 3. The molecule has 19 heavy (non-hydrogen) atoms. The molecule has 1 aliphatic heterocycles. The molecule has 3 N–H and O–H groups in total. The number of carbonyl (C=O) groups is 1. The van der Waals surface area contributed by atoms with Crippen LogP contribution in [0.5, 0.6) is 5.75 Å². The number of rotatable bonds is 2. The van der Waals surface area contributed by atoms with Crippen LogP contribution in [-0.2, 0) is 0 Å². The Hall–Kier alpha value is -1.98. The van der Waals surface area contributed by atoms with Gasteiger partial charge in [0.1, 0.15) is 5.75 Å². The number of benzene rings is 2. The van der Waals surface area contributed by atoms with Gasteiger partial charge in [0.25, 0.3) is 0 Å². The minimum Gasteiger partial charge on any atom is -0.508 e. The van der Waals surface area contributed by atoms with Crippen molar-refractivity contribution in [3.63, 3.8) is 0 Å². The van der Waals surface area contributed by atoms with Gasteiger partial charge in [0.05, 0.1) is 11.3 Å². The molecule has 0 bridgehead atoms. The molecule has 0 saturated heterocycles. The van der Waals surface area contributed by atoms with Crippen molar-refractivity contribution in [3.8, 4) is 5.75 Å². The summed E-state index contributed by atoms with van der Waals surface area (Å²) in [6.07, 6.45) is 0. The number of carbonyl (C=O) groups excluding carboxylic acids is 1. The number of anilines is 1. The number of fused-ring (bicyclic) bond motifs is 1. The minimum atomic E-state index is -0.792. The number of phenolic OH excluding ortho intramolecular Hbond substituents is 1. The predicted octanol–water partition coefficient (Wildman–Crippen LogP) is 2.42. The number of phenols is 1. The van der Waals surface area contributed by atoms with Crippen LogP contribution in [0.3, 0.4) is 0 Å². The predicted molar refractivity (Wildman–Crippen MR) is 73.5 cm³/mol. The number of aliphatic hydroxyl groups excluding tert-OH is 1. The Morgan fingerprint density at radius 1 is 1.21 bits per heavy atom. The van der Waals surface area contributed by atoms with Crippen molar-refractivity contribution < 1.29 is 15.0 Å². The highest BCUT2D eigenvalue weighted by Gasteiger charge is 2.26. The van der Waals surface area contributed by atoms with E-state index in [0.717, 1.165) is 11.8 Å². The van der Waals surface area contributed by atoms with E-state index in [1.54, 1.807) is 24.3 Å². The highest BCUT2D eigenvalue weighted by Crippen LogP contribution is 2.42. The molecule has 1 unspecified atom stereocenters. The van der Waals surface area contributed by atoms with Crippen molar-refractivity contribution in [1.29, 1.82) is 0 Å². The quantitative estimate of drug-likeness (QED) is 0.579. The van der Waals surface area contributed by atoms with E-state index in [1.807, 2.05) is 6.07 Å². The van der Waals surface area contributed by atoms with E-state index >= 15 is 0 Å². The first-order valence-electron chi connectivity index (χ1n) is 5.73. The zero-order chi connectivity index (χ0) is 13.4. The number of hydrogen-bond acceptors (Lipinski definition) is 5. The third-order valence-corrected chi connectivity index (χ3v) is 3.79. The number of aliphatic hydroxyl groups is 1. The maximum absolute atomic E-state index is 12.4. The molecule has 2 aromatic carbocycles. The summed E-state index contributed by atoms with van der Waals surface area (Å²) in [5.74, 6) is -0.170. The van der Waals surface area contributed by atoms with Gasteiger partial charge in [-0.05, 0) is 12.1 Å². The molecule has 0 aromatic heterocycles. The van der Waals surface area contributed by atoms with Crippen LogP contribution in [-0.4, -0.2) is 21.6 Å². The Labute approximate surface area is 114 Å². The Balaban J connectivity index is 2.09. The fraction of sp³-hybridized carbons (Fsp3) is 0.0714. The Morgan fingerprint density at radius 2 is 1.95 bits per heavy atom. The molecule has 1 atom stereocenters. The van der Waals surface area contributed by atoms with E-state index in [-0.39, 0.29) is 11.5 Å². The largest absolute Gasteiger partial charge is 0.508 e. The van der Waals surface area contributed by atoms with Crippen molar-refractivity contribution in [1.82, 2.24) is 0 Å². The monoisotopic (exact) mass is 273 g/mol. The summed E-state index contributed by atoms with van der Waals surface area (Å²) in [6, 6.07) is 11.8. The lowest BCUT2D eigenvalue weighted by Gasteiger charge is -2.08. The van der Waals surface area contributed by atoms with Gasteiger partial charge in [-0.3, -0.25) is 4.79 Å². The lowest BCUT2D eigenvalue weighted by atomic mass is 10.0. The summed E-state index contributed by atoms with van der Waals surface area (Å²) in [4.78, 5) is 13.1. The van der Waals surface area contributed by atoms with Crippen molar-refractivity contribution in [3.05, 3.63) is 53.6 Å². The summed E-state index contributed by atoms with van der Waals surface area (Å²) < 4.78 is 0. The highest BCUT2D eigenvalue weighted by molar-refractivity contribution is 8.00. The molecule has 0 radical (unpaired) electrons. The summed E-state index contributed by atoms with van der Waals surface area (Å²) >= 11 is 1.16. The van der Waals surface area contributed by atoms with Gasteiger partial charge in [-0.15, -0.1) is 0 Å². The molecule has 2 aromatic rings. The average molecular weight is 273 g/mol. The van der Waals surface area contributed by atoms with Crippen LogP contribution in [0.2, 0.25) is 0 Å².